The highest BCUT2D eigenvalue weighted by atomic mass is 32.2. The summed E-state index contributed by atoms with van der Waals surface area (Å²) in [4.78, 5) is 0. The summed E-state index contributed by atoms with van der Waals surface area (Å²) in [7, 11) is 0. The molecule has 0 rings (SSSR count). The van der Waals surface area contributed by atoms with E-state index in [0.717, 1.165) is 11.0 Å². The van der Waals surface area contributed by atoms with Gasteiger partial charge in [0.2, 0.25) is 0 Å². The zero-order valence-electron chi connectivity index (χ0n) is 6.84. The van der Waals surface area contributed by atoms with Gasteiger partial charge in [0.05, 0.1) is 0 Å². The second-order valence-electron chi connectivity index (χ2n) is 2.45. The topological polar surface area (TPSA) is 26.0 Å². The van der Waals surface area contributed by atoms with Gasteiger partial charge in [-0.1, -0.05) is 19.9 Å². The van der Waals surface area contributed by atoms with Crippen LogP contribution in [-0.2, 0) is 0 Å². The van der Waals surface area contributed by atoms with Gasteiger partial charge >= 0.3 is 0 Å². The van der Waals surface area contributed by atoms with Crippen molar-refractivity contribution in [3.8, 4) is 0 Å². The quantitative estimate of drug-likeness (QED) is 0.621. The van der Waals surface area contributed by atoms with Crippen molar-refractivity contribution >= 4 is 11.8 Å². The van der Waals surface area contributed by atoms with Crippen molar-refractivity contribution in [3.05, 3.63) is 12.7 Å². The van der Waals surface area contributed by atoms with Crippen LogP contribution in [-0.4, -0.2) is 17.0 Å². The van der Waals surface area contributed by atoms with Gasteiger partial charge in [0.25, 0.3) is 0 Å². The molecule has 0 aliphatic carbocycles. The van der Waals surface area contributed by atoms with Gasteiger partial charge in [-0.2, -0.15) is 11.8 Å². The Labute approximate surface area is 68.1 Å². The third-order valence-electron chi connectivity index (χ3n) is 1.45. The fraction of sp³-hybridized carbons (Fsp3) is 0.750. The molecule has 0 heterocycles. The lowest BCUT2D eigenvalue weighted by Gasteiger charge is -2.09. The van der Waals surface area contributed by atoms with Crippen molar-refractivity contribution in [2.45, 2.75) is 31.6 Å². The lowest BCUT2D eigenvalue weighted by atomic mass is 10.4. The Hall–Kier alpha value is 0.0500. The normalized spacial score (nSPS) is 16.3. The standard InChI is InChI=1S/C8H17NS/c1-4-7(3)10-6-8(9)5-2/h5,7-8H,2,4,6,9H2,1,3H3. The van der Waals surface area contributed by atoms with Crippen molar-refractivity contribution in [1.29, 1.82) is 0 Å². The predicted molar refractivity (Wildman–Crippen MR) is 50.4 cm³/mol. The molecule has 0 saturated heterocycles. The SMILES string of the molecule is C=CC(N)CSC(C)CC. The highest BCUT2D eigenvalue weighted by Gasteiger charge is 2.01. The van der Waals surface area contributed by atoms with E-state index in [9.17, 15) is 0 Å². The average Bonchev–Trinajstić information content (AvgIpc) is 1.99. The van der Waals surface area contributed by atoms with Gasteiger partial charge < -0.3 is 5.73 Å². The van der Waals surface area contributed by atoms with Crippen LogP contribution in [0.5, 0.6) is 0 Å². The zero-order chi connectivity index (χ0) is 7.98. The van der Waals surface area contributed by atoms with Gasteiger partial charge in [-0.15, -0.1) is 6.58 Å². The summed E-state index contributed by atoms with van der Waals surface area (Å²) in [6.07, 6.45) is 3.02. The van der Waals surface area contributed by atoms with Gasteiger partial charge in [0.15, 0.2) is 0 Å². The van der Waals surface area contributed by atoms with Crippen LogP contribution in [0.3, 0.4) is 0 Å². The first-order chi connectivity index (χ1) is 4.70. The van der Waals surface area contributed by atoms with Crippen molar-refractivity contribution in [2.24, 2.45) is 5.73 Å². The minimum atomic E-state index is 0.166. The highest BCUT2D eigenvalue weighted by molar-refractivity contribution is 7.99. The summed E-state index contributed by atoms with van der Waals surface area (Å²) in [6.45, 7) is 8.04. The minimum Gasteiger partial charge on any atom is -0.324 e. The molecular formula is C8H17NS. The first-order valence-electron chi connectivity index (χ1n) is 3.70. The Balaban J connectivity index is 3.25. The molecule has 2 unspecified atom stereocenters. The van der Waals surface area contributed by atoms with Crippen molar-refractivity contribution < 1.29 is 0 Å². The lowest BCUT2D eigenvalue weighted by Crippen LogP contribution is -2.20. The molecule has 2 N–H and O–H groups in total. The van der Waals surface area contributed by atoms with Crippen LogP contribution in [0.1, 0.15) is 20.3 Å². The summed E-state index contributed by atoms with van der Waals surface area (Å²) in [5.41, 5.74) is 5.64. The maximum Gasteiger partial charge on any atom is 0.0313 e. The number of hydrogen-bond donors (Lipinski definition) is 1. The summed E-state index contributed by atoms with van der Waals surface area (Å²) in [5.74, 6) is 0.999. The molecule has 0 bridgehead atoms. The van der Waals surface area contributed by atoms with Gasteiger partial charge in [-0.05, 0) is 6.42 Å². The fourth-order valence-corrected chi connectivity index (χ4v) is 1.38. The monoisotopic (exact) mass is 159 g/mol. The van der Waals surface area contributed by atoms with Gasteiger partial charge in [-0.25, -0.2) is 0 Å². The van der Waals surface area contributed by atoms with Crippen molar-refractivity contribution in [3.63, 3.8) is 0 Å². The molecule has 0 aliphatic heterocycles. The molecule has 0 aromatic carbocycles. The van der Waals surface area contributed by atoms with E-state index in [0.29, 0.717) is 0 Å². The molecule has 60 valence electrons. The third-order valence-corrected chi connectivity index (χ3v) is 2.93. The van der Waals surface area contributed by atoms with Crippen LogP contribution >= 0.6 is 11.8 Å². The fourth-order valence-electron chi connectivity index (χ4n) is 0.461. The van der Waals surface area contributed by atoms with E-state index in [4.69, 9.17) is 5.73 Å². The van der Waals surface area contributed by atoms with Crippen LogP contribution in [0.2, 0.25) is 0 Å². The van der Waals surface area contributed by atoms with Crippen LogP contribution in [0.25, 0.3) is 0 Å². The van der Waals surface area contributed by atoms with Crippen molar-refractivity contribution in [2.75, 3.05) is 5.75 Å². The first kappa shape index (κ1) is 10.0. The van der Waals surface area contributed by atoms with E-state index < -0.39 is 0 Å². The Morgan fingerprint density at radius 2 is 2.30 bits per heavy atom. The van der Waals surface area contributed by atoms with E-state index >= 15 is 0 Å². The van der Waals surface area contributed by atoms with Crippen LogP contribution in [0.4, 0.5) is 0 Å². The molecule has 0 spiro atoms. The number of thioether (sulfide) groups is 1. The number of hydrogen-bond acceptors (Lipinski definition) is 2. The minimum absolute atomic E-state index is 0.166. The summed E-state index contributed by atoms with van der Waals surface area (Å²) in [6, 6.07) is 0.166. The Bertz CT molecular complexity index is 93.3. The van der Waals surface area contributed by atoms with E-state index in [1.807, 2.05) is 11.8 Å². The molecule has 0 aliphatic rings. The van der Waals surface area contributed by atoms with Crippen LogP contribution in [0, 0.1) is 0 Å². The van der Waals surface area contributed by atoms with Gasteiger partial charge in [0.1, 0.15) is 0 Å². The average molecular weight is 159 g/mol. The summed E-state index contributed by atoms with van der Waals surface area (Å²) >= 11 is 1.91. The molecule has 0 fully saturated rings. The van der Waals surface area contributed by atoms with E-state index in [1.54, 1.807) is 6.08 Å². The molecule has 2 atom stereocenters. The number of nitrogens with two attached hydrogens (primary N) is 1. The highest BCUT2D eigenvalue weighted by Crippen LogP contribution is 2.13. The Kier molecular flexibility index (Phi) is 5.84. The van der Waals surface area contributed by atoms with Gasteiger partial charge in [-0.3, -0.25) is 0 Å². The van der Waals surface area contributed by atoms with E-state index in [-0.39, 0.29) is 6.04 Å². The molecule has 0 radical (unpaired) electrons. The molecule has 10 heavy (non-hydrogen) atoms. The second kappa shape index (κ2) is 5.81. The second-order valence-corrected chi connectivity index (χ2v) is 3.92. The lowest BCUT2D eigenvalue weighted by molar-refractivity contribution is 0.888. The van der Waals surface area contributed by atoms with Gasteiger partial charge in [0, 0.05) is 17.0 Å². The molecule has 1 nitrogen and oxygen atoms in total. The Morgan fingerprint density at radius 1 is 1.70 bits per heavy atom. The van der Waals surface area contributed by atoms with Crippen LogP contribution in [0.15, 0.2) is 12.7 Å². The van der Waals surface area contributed by atoms with E-state index in [1.165, 1.54) is 6.42 Å². The first-order valence-corrected chi connectivity index (χ1v) is 4.75. The smallest absolute Gasteiger partial charge is 0.0313 e. The summed E-state index contributed by atoms with van der Waals surface area (Å²) < 4.78 is 0. The molecule has 2 heteroatoms. The molecule has 0 amide bonds. The Morgan fingerprint density at radius 3 is 2.70 bits per heavy atom. The van der Waals surface area contributed by atoms with Crippen LogP contribution < -0.4 is 5.73 Å². The largest absolute Gasteiger partial charge is 0.324 e. The zero-order valence-corrected chi connectivity index (χ0v) is 7.66. The van der Waals surface area contributed by atoms with E-state index in [2.05, 4.69) is 20.4 Å². The molecule has 0 aromatic heterocycles. The number of rotatable bonds is 5. The molecular weight excluding hydrogens is 142 g/mol. The predicted octanol–water partition coefficient (Wildman–Crippen LogP) is 2.03. The summed E-state index contributed by atoms with van der Waals surface area (Å²) in [5, 5.41) is 0.728. The van der Waals surface area contributed by atoms with Crippen molar-refractivity contribution in [1.82, 2.24) is 0 Å². The maximum absolute atomic E-state index is 5.64. The maximum atomic E-state index is 5.64. The molecule has 0 saturated carbocycles. The molecule has 0 aromatic rings. The third kappa shape index (κ3) is 4.89.